The predicted octanol–water partition coefficient (Wildman–Crippen LogP) is 0.345. The molecule has 0 aromatic heterocycles. The van der Waals surface area contributed by atoms with Crippen LogP contribution in [0.3, 0.4) is 0 Å². The van der Waals surface area contributed by atoms with Gasteiger partial charge in [0.15, 0.2) is 0 Å². The Labute approximate surface area is 47.5 Å². The van der Waals surface area contributed by atoms with Crippen molar-refractivity contribution in [2.45, 2.75) is 6.92 Å². The third-order valence-electron chi connectivity index (χ3n) is 0.659. The highest BCUT2D eigenvalue weighted by atomic mass is 16.5. The van der Waals surface area contributed by atoms with E-state index < -0.39 is 5.97 Å². The van der Waals surface area contributed by atoms with E-state index in [1.54, 1.807) is 5.87 Å². The van der Waals surface area contributed by atoms with Crippen LogP contribution in [0.5, 0.6) is 0 Å². The van der Waals surface area contributed by atoms with E-state index >= 15 is 0 Å². The van der Waals surface area contributed by atoms with Crippen LogP contribution in [0.15, 0.2) is 5.57 Å². The summed E-state index contributed by atoms with van der Waals surface area (Å²) in [6, 6.07) is 0. The minimum Gasteiger partial charge on any atom is -0.763 e. The summed E-state index contributed by atoms with van der Waals surface area (Å²) in [6.45, 7) is 1.41. The Morgan fingerprint density at radius 3 is 2.38 bits per heavy atom. The molecule has 0 rings (SSSR count). The van der Waals surface area contributed by atoms with Crippen molar-refractivity contribution in [2.24, 2.45) is 0 Å². The minimum atomic E-state index is -0.562. The number of carbonyl (C=O) groups is 1. The maximum atomic E-state index is 10.3. The summed E-state index contributed by atoms with van der Waals surface area (Å²) < 4.78 is 4.20. The minimum absolute atomic E-state index is 0.0764. The van der Waals surface area contributed by atoms with Crippen LogP contribution in [0.1, 0.15) is 6.92 Å². The fourth-order valence-corrected chi connectivity index (χ4v) is 0.199. The van der Waals surface area contributed by atoms with Crippen LogP contribution in [0, 0.1) is 0 Å². The number of ether oxygens (including phenoxy) is 1. The normalized spacial score (nSPS) is 7.25. The third kappa shape index (κ3) is 1.58. The molecular formula is C5H6NO2-. The molecule has 0 aliphatic rings. The van der Waals surface area contributed by atoms with Crippen molar-refractivity contribution < 1.29 is 9.53 Å². The van der Waals surface area contributed by atoms with E-state index in [1.807, 2.05) is 0 Å². The Morgan fingerprint density at radius 1 is 1.75 bits per heavy atom. The van der Waals surface area contributed by atoms with Crippen molar-refractivity contribution in [1.29, 1.82) is 0 Å². The Morgan fingerprint density at radius 2 is 2.25 bits per heavy atom. The van der Waals surface area contributed by atoms with Gasteiger partial charge in [0, 0.05) is 0 Å². The number of carbonyl (C=O) groups excluding carboxylic acids is 1. The van der Waals surface area contributed by atoms with Gasteiger partial charge in [0.1, 0.15) is 0 Å². The summed E-state index contributed by atoms with van der Waals surface area (Å²) in [5.41, 5.74) is 0.0764. The molecule has 0 amide bonds. The smallest absolute Gasteiger partial charge is 0.339 e. The number of hydrogen-bond donors (Lipinski definition) is 0. The van der Waals surface area contributed by atoms with Gasteiger partial charge in [0.05, 0.1) is 12.7 Å². The first-order chi connectivity index (χ1) is 3.72. The molecule has 8 heavy (non-hydrogen) atoms. The van der Waals surface area contributed by atoms with Crippen LogP contribution in [0.4, 0.5) is 0 Å². The molecule has 0 radical (unpaired) electrons. The van der Waals surface area contributed by atoms with E-state index in [0.29, 0.717) is 0 Å². The van der Waals surface area contributed by atoms with Crippen molar-refractivity contribution in [1.82, 2.24) is 0 Å². The zero-order chi connectivity index (χ0) is 6.57. The SMILES string of the molecule is COC(=O)C(C)=C=[N-]. The number of rotatable bonds is 1. The highest BCUT2D eigenvalue weighted by molar-refractivity contribution is 5.97. The molecular weight excluding hydrogens is 106 g/mol. The van der Waals surface area contributed by atoms with Gasteiger partial charge in [-0.25, -0.2) is 4.79 Å². The molecule has 3 heteroatoms. The van der Waals surface area contributed by atoms with Crippen LogP contribution in [0.25, 0.3) is 5.41 Å². The average Bonchev–Trinajstić information content (AvgIpc) is 1.84. The van der Waals surface area contributed by atoms with E-state index in [0.717, 1.165) is 0 Å². The van der Waals surface area contributed by atoms with Gasteiger partial charge in [-0.15, -0.1) is 0 Å². The molecule has 0 unspecified atom stereocenters. The standard InChI is InChI=1S/C5H6NO2/c1-4(3-6)5(7)8-2/h1-2H3/q-1. The van der Waals surface area contributed by atoms with Gasteiger partial charge < -0.3 is 10.1 Å². The summed E-state index contributed by atoms with van der Waals surface area (Å²) in [5.74, 6) is 1.10. The lowest BCUT2D eigenvalue weighted by molar-refractivity contribution is -0.135. The second-order valence-electron chi connectivity index (χ2n) is 1.23. The number of esters is 1. The first-order valence-electron chi connectivity index (χ1n) is 2.04. The zero-order valence-corrected chi connectivity index (χ0v) is 4.76. The summed E-state index contributed by atoms with van der Waals surface area (Å²) in [7, 11) is 1.24. The van der Waals surface area contributed by atoms with Crippen molar-refractivity contribution in [2.75, 3.05) is 7.11 Å². The number of nitrogens with zero attached hydrogens (tertiary/aromatic N) is 1. The number of methoxy groups -OCH3 is 1. The first kappa shape index (κ1) is 6.92. The van der Waals surface area contributed by atoms with E-state index in [1.165, 1.54) is 14.0 Å². The van der Waals surface area contributed by atoms with E-state index in [9.17, 15) is 4.79 Å². The van der Waals surface area contributed by atoms with Gasteiger partial charge in [-0.05, 0) is 6.92 Å². The van der Waals surface area contributed by atoms with E-state index in [-0.39, 0.29) is 5.57 Å². The Kier molecular flexibility index (Phi) is 2.59. The molecule has 0 fully saturated rings. The molecule has 3 nitrogen and oxygen atoms in total. The molecule has 44 valence electrons. The fraction of sp³-hybridized carbons (Fsp3) is 0.400. The van der Waals surface area contributed by atoms with Crippen LogP contribution in [-0.2, 0) is 9.53 Å². The largest absolute Gasteiger partial charge is 0.763 e. The predicted molar refractivity (Wildman–Crippen MR) is 29.6 cm³/mol. The quantitative estimate of drug-likeness (QED) is 0.279. The molecule has 0 saturated carbocycles. The monoisotopic (exact) mass is 112 g/mol. The van der Waals surface area contributed by atoms with Crippen molar-refractivity contribution in [3.63, 3.8) is 0 Å². The van der Waals surface area contributed by atoms with Gasteiger partial charge >= 0.3 is 5.97 Å². The highest BCUT2D eigenvalue weighted by Crippen LogP contribution is 1.86. The molecule has 0 heterocycles. The lowest BCUT2D eigenvalue weighted by Gasteiger charge is -1.93. The summed E-state index contributed by atoms with van der Waals surface area (Å²) in [4.78, 5) is 10.3. The van der Waals surface area contributed by atoms with Crippen LogP contribution in [0.2, 0.25) is 0 Å². The van der Waals surface area contributed by atoms with Gasteiger partial charge in [0.25, 0.3) is 0 Å². The lowest BCUT2D eigenvalue weighted by atomic mass is 10.4. The van der Waals surface area contributed by atoms with Crippen LogP contribution >= 0.6 is 0 Å². The highest BCUT2D eigenvalue weighted by Gasteiger charge is 1.96. The molecule has 0 saturated heterocycles. The maximum Gasteiger partial charge on any atom is 0.339 e. The third-order valence-corrected chi connectivity index (χ3v) is 0.659. The van der Waals surface area contributed by atoms with Gasteiger partial charge in [0.2, 0.25) is 0 Å². The van der Waals surface area contributed by atoms with Crippen molar-refractivity contribution >= 4 is 11.8 Å². The first-order valence-corrected chi connectivity index (χ1v) is 2.04. The van der Waals surface area contributed by atoms with Crippen molar-refractivity contribution in [3.05, 3.63) is 11.0 Å². The second kappa shape index (κ2) is 2.99. The van der Waals surface area contributed by atoms with E-state index in [4.69, 9.17) is 5.41 Å². The van der Waals surface area contributed by atoms with Crippen molar-refractivity contribution in [3.8, 4) is 0 Å². The Balaban J connectivity index is 4.04. The Bertz CT molecular complexity index is 145. The molecule has 0 bridgehead atoms. The van der Waals surface area contributed by atoms with Gasteiger partial charge in [-0.3, -0.25) is 5.87 Å². The summed E-state index contributed by atoms with van der Waals surface area (Å²) in [6.07, 6.45) is 0. The number of hydrogen-bond acceptors (Lipinski definition) is 2. The summed E-state index contributed by atoms with van der Waals surface area (Å²) >= 11 is 0. The molecule has 0 aliphatic heterocycles. The van der Waals surface area contributed by atoms with Crippen LogP contribution in [-0.4, -0.2) is 18.9 Å². The van der Waals surface area contributed by atoms with Gasteiger partial charge in [-0.2, -0.15) is 0 Å². The van der Waals surface area contributed by atoms with Crippen LogP contribution < -0.4 is 0 Å². The van der Waals surface area contributed by atoms with Gasteiger partial charge in [-0.1, -0.05) is 0 Å². The zero-order valence-electron chi connectivity index (χ0n) is 4.76. The maximum absolute atomic E-state index is 10.3. The molecule has 0 aromatic rings. The van der Waals surface area contributed by atoms with E-state index in [2.05, 4.69) is 4.74 Å². The molecule has 0 N–H and O–H groups in total. The second-order valence-corrected chi connectivity index (χ2v) is 1.23. The molecule has 0 aliphatic carbocycles. The average molecular weight is 112 g/mol. The Hall–Kier alpha value is -1.08. The molecule has 0 atom stereocenters. The lowest BCUT2D eigenvalue weighted by Crippen LogP contribution is -2.00. The fourth-order valence-electron chi connectivity index (χ4n) is 0.199. The molecule has 0 aromatic carbocycles. The molecule has 0 spiro atoms. The topological polar surface area (TPSA) is 48.6 Å². The summed E-state index contributed by atoms with van der Waals surface area (Å²) in [5, 5.41) is 8.05.